The van der Waals surface area contributed by atoms with Crippen LogP contribution in [-0.2, 0) is 0 Å². The monoisotopic (exact) mass is 293 g/mol. The van der Waals surface area contributed by atoms with Crippen LogP contribution in [0.3, 0.4) is 0 Å². The van der Waals surface area contributed by atoms with Gasteiger partial charge in [-0.3, -0.25) is 0 Å². The topological polar surface area (TPSA) is 78.0 Å². The number of rotatable bonds is 2. The predicted molar refractivity (Wildman–Crippen MR) is 86.0 cm³/mol. The number of carboxylic acids is 1. The van der Waals surface area contributed by atoms with Crippen LogP contribution in [0.4, 0.5) is 0 Å². The van der Waals surface area contributed by atoms with Crippen molar-refractivity contribution in [3.63, 3.8) is 0 Å². The van der Waals surface area contributed by atoms with Gasteiger partial charge in [0, 0.05) is 22.8 Å². The molecular formula is C17H15N3O2. The van der Waals surface area contributed by atoms with Gasteiger partial charge >= 0.3 is 5.97 Å². The van der Waals surface area contributed by atoms with Crippen LogP contribution in [-0.4, -0.2) is 34.1 Å². The Hall–Kier alpha value is -2.66. The highest BCUT2D eigenvalue weighted by Crippen LogP contribution is 2.31. The minimum Gasteiger partial charge on any atom is -0.477 e. The first kappa shape index (κ1) is 13.0. The molecule has 0 unspecified atom stereocenters. The third-order valence-corrected chi connectivity index (χ3v) is 4.05. The maximum atomic E-state index is 11.4. The van der Waals surface area contributed by atoms with Gasteiger partial charge in [0.15, 0.2) is 0 Å². The van der Waals surface area contributed by atoms with E-state index in [1.807, 2.05) is 24.3 Å². The number of para-hydroxylation sites is 1. The molecule has 1 aliphatic heterocycles. The summed E-state index contributed by atoms with van der Waals surface area (Å²) in [5, 5.41) is 14.6. The predicted octanol–water partition coefficient (Wildman–Crippen LogP) is 2.79. The van der Waals surface area contributed by atoms with Crippen molar-refractivity contribution in [2.45, 2.75) is 6.42 Å². The van der Waals surface area contributed by atoms with Gasteiger partial charge in [-0.2, -0.15) is 0 Å². The molecule has 0 saturated heterocycles. The molecule has 0 bridgehead atoms. The van der Waals surface area contributed by atoms with E-state index < -0.39 is 5.97 Å². The van der Waals surface area contributed by atoms with Crippen LogP contribution in [0.1, 0.15) is 22.6 Å². The minimum atomic E-state index is -1.00. The van der Waals surface area contributed by atoms with Crippen molar-refractivity contribution in [2.24, 2.45) is 0 Å². The number of hydrogen-bond acceptors (Lipinski definition) is 3. The average molecular weight is 293 g/mol. The highest BCUT2D eigenvalue weighted by Gasteiger charge is 2.18. The Morgan fingerprint density at radius 3 is 2.86 bits per heavy atom. The molecular weight excluding hydrogens is 278 g/mol. The van der Waals surface area contributed by atoms with Crippen LogP contribution < -0.4 is 5.32 Å². The number of benzene rings is 1. The van der Waals surface area contributed by atoms with Crippen molar-refractivity contribution in [1.82, 2.24) is 15.3 Å². The van der Waals surface area contributed by atoms with E-state index in [9.17, 15) is 9.90 Å². The second-order valence-electron chi connectivity index (χ2n) is 5.45. The zero-order valence-corrected chi connectivity index (χ0v) is 11.9. The maximum absolute atomic E-state index is 11.4. The van der Waals surface area contributed by atoms with Gasteiger partial charge in [-0.15, -0.1) is 0 Å². The van der Waals surface area contributed by atoms with Gasteiger partial charge < -0.3 is 15.4 Å². The Bertz CT molecular complexity index is 924. The lowest BCUT2D eigenvalue weighted by atomic mass is 10.0. The number of fused-ring (bicyclic) bond motifs is 3. The van der Waals surface area contributed by atoms with E-state index in [4.69, 9.17) is 0 Å². The number of aromatic nitrogens is 2. The molecule has 2 aromatic heterocycles. The van der Waals surface area contributed by atoms with Crippen molar-refractivity contribution in [1.29, 1.82) is 0 Å². The van der Waals surface area contributed by atoms with Crippen molar-refractivity contribution in [3.05, 3.63) is 47.8 Å². The summed E-state index contributed by atoms with van der Waals surface area (Å²) in [7, 11) is 0. The van der Waals surface area contributed by atoms with Gasteiger partial charge in [0.25, 0.3) is 0 Å². The maximum Gasteiger partial charge on any atom is 0.354 e. The molecule has 0 atom stereocenters. The summed E-state index contributed by atoms with van der Waals surface area (Å²) in [5.41, 5.74) is 3.76. The first-order valence-corrected chi connectivity index (χ1v) is 7.29. The Kier molecular flexibility index (Phi) is 2.94. The summed E-state index contributed by atoms with van der Waals surface area (Å²) in [6, 6.07) is 9.56. The zero-order chi connectivity index (χ0) is 15.1. The fourth-order valence-corrected chi connectivity index (χ4v) is 3.01. The molecule has 1 aliphatic rings. The van der Waals surface area contributed by atoms with E-state index in [2.05, 4.69) is 21.4 Å². The molecule has 0 saturated carbocycles. The fraction of sp³-hybridized carbons (Fsp3) is 0.176. The van der Waals surface area contributed by atoms with Gasteiger partial charge in [0.1, 0.15) is 5.69 Å². The Labute approximate surface area is 126 Å². The average Bonchev–Trinajstić information content (AvgIpc) is 2.93. The summed E-state index contributed by atoms with van der Waals surface area (Å²) >= 11 is 0. The van der Waals surface area contributed by atoms with E-state index in [-0.39, 0.29) is 5.69 Å². The quantitative estimate of drug-likeness (QED) is 0.679. The number of carboxylic acid groups (broad SMARTS) is 1. The molecule has 3 N–H and O–H groups in total. The number of nitrogens with one attached hydrogen (secondary N) is 2. The lowest BCUT2D eigenvalue weighted by Gasteiger charge is -2.15. The van der Waals surface area contributed by atoms with Crippen LogP contribution >= 0.6 is 0 Å². The first-order chi connectivity index (χ1) is 10.7. The number of nitrogens with zero attached hydrogens (tertiary/aromatic N) is 1. The summed E-state index contributed by atoms with van der Waals surface area (Å²) < 4.78 is 0. The van der Waals surface area contributed by atoms with Crippen molar-refractivity contribution >= 4 is 33.3 Å². The molecule has 1 aromatic carbocycles. The molecule has 5 heteroatoms. The highest BCUT2D eigenvalue weighted by molar-refractivity contribution is 6.11. The summed E-state index contributed by atoms with van der Waals surface area (Å²) in [5.74, 6) is -1.00. The third-order valence-electron chi connectivity index (χ3n) is 4.05. The number of H-pyrrole nitrogens is 1. The van der Waals surface area contributed by atoms with Crippen LogP contribution in [0, 0.1) is 0 Å². The van der Waals surface area contributed by atoms with Gasteiger partial charge in [0.2, 0.25) is 0 Å². The van der Waals surface area contributed by atoms with Crippen LogP contribution in [0.15, 0.2) is 36.4 Å². The van der Waals surface area contributed by atoms with Crippen LogP contribution in [0.2, 0.25) is 0 Å². The standard InChI is InChI=1S/C17H15N3O2/c21-17(22)14-8-12-11-5-1-2-6-13(11)19-16(12)15(20-14)10-4-3-7-18-9-10/h1-2,4-6,8,18-19H,3,7,9H2,(H,21,22). The number of aromatic carboxylic acids is 1. The van der Waals surface area contributed by atoms with E-state index >= 15 is 0 Å². The molecule has 0 amide bonds. The fourth-order valence-electron chi connectivity index (χ4n) is 3.01. The Balaban J connectivity index is 2.08. The second kappa shape index (κ2) is 4.96. The minimum absolute atomic E-state index is 0.0822. The molecule has 0 fully saturated rings. The molecule has 4 rings (SSSR count). The SMILES string of the molecule is O=C(O)c1cc2c([nH]c3ccccc32)c(C2=CCCNC2)n1. The molecule has 0 spiro atoms. The van der Waals surface area contributed by atoms with Gasteiger partial charge in [0.05, 0.1) is 11.2 Å². The summed E-state index contributed by atoms with van der Waals surface area (Å²) in [6.45, 7) is 1.65. The van der Waals surface area contributed by atoms with E-state index in [1.165, 1.54) is 0 Å². The Morgan fingerprint density at radius 2 is 2.09 bits per heavy atom. The van der Waals surface area contributed by atoms with E-state index in [0.717, 1.165) is 46.0 Å². The molecule has 5 nitrogen and oxygen atoms in total. The number of aromatic amines is 1. The smallest absolute Gasteiger partial charge is 0.354 e. The van der Waals surface area contributed by atoms with Crippen molar-refractivity contribution in [3.8, 4) is 0 Å². The molecule has 22 heavy (non-hydrogen) atoms. The lowest BCUT2D eigenvalue weighted by Crippen LogP contribution is -2.22. The van der Waals surface area contributed by atoms with Crippen LogP contribution in [0.25, 0.3) is 27.4 Å². The van der Waals surface area contributed by atoms with E-state index in [0.29, 0.717) is 6.54 Å². The molecule has 0 radical (unpaired) electrons. The van der Waals surface area contributed by atoms with E-state index in [1.54, 1.807) is 6.07 Å². The lowest BCUT2D eigenvalue weighted by molar-refractivity contribution is 0.0690. The number of carbonyl (C=O) groups is 1. The largest absolute Gasteiger partial charge is 0.477 e. The van der Waals surface area contributed by atoms with Gasteiger partial charge in [-0.05, 0) is 30.7 Å². The van der Waals surface area contributed by atoms with Crippen molar-refractivity contribution < 1.29 is 9.90 Å². The highest BCUT2D eigenvalue weighted by atomic mass is 16.4. The molecule has 3 heterocycles. The third kappa shape index (κ3) is 1.98. The van der Waals surface area contributed by atoms with Crippen LogP contribution in [0.5, 0.6) is 0 Å². The molecule has 110 valence electrons. The first-order valence-electron chi connectivity index (χ1n) is 7.29. The Morgan fingerprint density at radius 1 is 1.23 bits per heavy atom. The van der Waals surface area contributed by atoms with Gasteiger partial charge in [-0.25, -0.2) is 9.78 Å². The number of pyridine rings is 1. The van der Waals surface area contributed by atoms with Gasteiger partial charge in [-0.1, -0.05) is 24.3 Å². The molecule has 3 aromatic rings. The zero-order valence-electron chi connectivity index (χ0n) is 11.9. The summed E-state index contributed by atoms with van der Waals surface area (Å²) in [4.78, 5) is 19.2. The number of hydrogen-bond donors (Lipinski definition) is 3. The van der Waals surface area contributed by atoms with Crippen molar-refractivity contribution in [2.75, 3.05) is 13.1 Å². The molecule has 0 aliphatic carbocycles. The second-order valence-corrected chi connectivity index (χ2v) is 5.45. The normalized spacial score (nSPS) is 15.2. The summed E-state index contributed by atoms with van der Waals surface area (Å²) in [6.07, 6.45) is 3.06.